The standard InChI is InChI=1S/C15H19BrN2O2/c1-11(19)18-8-6-13(7-9-18)15(20)17-10-12-2-4-14(16)5-3-12/h2-5,13H,6-10H2,1H3,(H,17,20). The van der Waals surface area contributed by atoms with Gasteiger partial charge < -0.3 is 10.2 Å². The topological polar surface area (TPSA) is 49.4 Å². The van der Waals surface area contributed by atoms with E-state index in [4.69, 9.17) is 0 Å². The van der Waals surface area contributed by atoms with Crippen LogP contribution in [0.5, 0.6) is 0 Å². The predicted molar refractivity (Wildman–Crippen MR) is 81.0 cm³/mol. The van der Waals surface area contributed by atoms with Crippen molar-refractivity contribution in [1.82, 2.24) is 10.2 Å². The molecule has 0 saturated carbocycles. The first-order valence-corrected chi connectivity index (χ1v) is 7.63. The molecule has 0 unspecified atom stereocenters. The van der Waals surface area contributed by atoms with Crippen LogP contribution in [0.1, 0.15) is 25.3 Å². The summed E-state index contributed by atoms with van der Waals surface area (Å²) in [6, 6.07) is 7.91. The molecule has 1 heterocycles. The maximum atomic E-state index is 12.1. The minimum atomic E-state index is 0.0287. The summed E-state index contributed by atoms with van der Waals surface area (Å²) in [6.07, 6.45) is 1.51. The maximum absolute atomic E-state index is 12.1. The van der Waals surface area contributed by atoms with E-state index in [1.807, 2.05) is 24.3 Å². The van der Waals surface area contributed by atoms with Crippen LogP contribution in [0.4, 0.5) is 0 Å². The van der Waals surface area contributed by atoms with Crippen LogP contribution in [0.3, 0.4) is 0 Å². The average Bonchev–Trinajstić information content (AvgIpc) is 2.46. The van der Waals surface area contributed by atoms with Crippen LogP contribution in [-0.2, 0) is 16.1 Å². The second kappa shape index (κ2) is 6.88. The number of amides is 2. The van der Waals surface area contributed by atoms with E-state index >= 15 is 0 Å². The molecule has 1 aliphatic rings. The number of hydrogen-bond donors (Lipinski definition) is 1. The Morgan fingerprint density at radius 2 is 1.85 bits per heavy atom. The molecule has 20 heavy (non-hydrogen) atoms. The van der Waals surface area contributed by atoms with Gasteiger partial charge >= 0.3 is 0 Å². The lowest BCUT2D eigenvalue weighted by Crippen LogP contribution is -2.42. The van der Waals surface area contributed by atoms with Crippen molar-refractivity contribution in [2.75, 3.05) is 13.1 Å². The highest BCUT2D eigenvalue weighted by atomic mass is 79.9. The van der Waals surface area contributed by atoms with Crippen molar-refractivity contribution >= 4 is 27.7 Å². The van der Waals surface area contributed by atoms with Gasteiger partial charge in [0.15, 0.2) is 0 Å². The van der Waals surface area contributed by atoms with E-state index in [2.05, 4.69) is 21.2 Å². The molecule has 2 amide bonds. The number of hydrogen-bond acceptors (Lipinski definition) is 2. The molecule has 0 bridgehead atoms. The van der Waals surface area contributed by atoms with Crippen LogP contribution in [0.2, 0.25) is 0 Å². The molecule has 108 valence electrons. The highest BCUT2D eigenvalue weighted by molar-refractivity contribution is 9.10. The Labute approximate surface area is 127 Å². The molecule has 1 aromatic rings. The highest BCUT2D eigenvalue weighted by Gasteiger charge is 2.25. The molecule has 0 spiro atoms. The molecular formula is C15H19BrN2O2. The third kappa shape index (κ3) is 4.07. The van der Waals surface area contributed by atoms with Crippen molar-refractivity contribution in [3.63, 3.8) is 0 Å². The SMILES string of the molecule is CC(=O)N1CCC(C(=O)NCc2ccc(Br)cc2)CC1. The van der Waals surface area contributed by atoms with E-state index in [9.17, 15) is 9.59 Å². The molecule has 0 aliphatic carbocycles. The van der Waals surface area contributed by atoms with E-state index in [1.54, 1.807) is 11.8 Å². The molecule has 1 aromatic carbocycles. The second-order valence-electron chi connectivity index (χ2n) is 5.12. The van der Waals surface area contributed by atoms with Gasteiger partial charge in [0.05, 0.1) is 0 Å². The minimum Gasteiger partial charge on any atom is -0.352 e. The summed E-state index contributed by atoms with van der Waals surface area (Å²) in [4.78, 5) is 25.1. The number of rotatable bonds is 3. The summed E-state index contributed by atoms with van der Waals surface area (Å²) in [6.45, 7) is 3.50. The van der Waals surface area contributed by atoms with Gasteiger partial charge in [0.25, 0.3) is 0 Å². The Morgan fingerprint density at radius 3 is 2.40 bits per heavy atom. The first-order valence-electron chi connectivity index (χ1n) is 6.84. The number of carbonyl (C=O) groups excluding carboxylic acids is 2. The molecular weight excluding hydrogens is 320 g/mol. The Hall–Kier alpha value is -1.36. The highest BCUT2D eigenvalue weighted by Crippen LogP contribution is 2.17. The molecule has 0 atom stereocenters. The summed E-state index contributed by atoms with van der Waals surface area (Å²) >= 11 is 3.39. The fraction of sp³-hybridized carbons (Fsp3) is 0.467. The monoisotopic (exact) mass is 338 g/mol. The lowest BCUT2D eigenvalue weighted by atomic mass is 9.96. The largest absolute Gasteiger partial charge is 0.352 e. The van der Waals surface area contributed by atoms with Crippen molar-refractivity contribution in [1.29, 1.82) is 0 Å². The minimum absolute atomic E-state index is 0.0287. The van der Waals surface area contributed by atoms with Gasteiger partial charge in [-0.15, -0.1) is 0 Å². The quantitative estimate of drug-likeness (QED) is 0.919. The molecule has 0 aromatic heterocycles. The van der Waals surface area contributed by atoms with Crippen molar-refractivity contribution in [2.45, 2.75) is 26.3 Å². The number of nitrogens with zero attached hydrogens (tertiary/aromatic N) is 1. The normalized spacial score (nSPS) is 16.0. The molecule has 0 radical (unpaired) electrons. The van der Waals surface area contributed by atoms with Crippen LogP contribution in [-0.4, -0.2) is 29.8 Å². The molecule has 1 N–H and O–H groups in total. The van der Waals surface area contributed by atoms with Crippen LogP contribution in [0, 0.1) is 5.92 Å². The van der Waals surface area contributed by atoms with Gasteiger partial charge in [0, 0.05) is 36.9 Å². The van der Waals surface area contributed by atoms with Crippen molar-refractivity contribution in [2.24, 2.45) is 5.92 Å². The fourth-order valence-corrected chi connectivity index (χ4v) is 2.66. The zero-order valence-electron chi connectivity index (χ0n) is 11.6. The Kier molecular flexibility index (Phi) is 5.17. The van der Waals surface area contributed by atoms with E-state index < -0.39 is 0 Å². The number of piperidine rings is 1. The zero-order chi connectivity index (χ0) is 14.5. The van der Waals surface area contributed by atoms with E-state index in [0.717, 1.165) is 22.9 Å². The molecule has 5 heteroatoms. The number of carbonyl (C=O) groups is 2. The summed E-state index contributed by atoms with van der Waals surface area (Å²) in [7, 11) is 0. The van der Waals surface area contributed by atoms with Crippen LogP contribution in [0.25, 0.3) is 0 Å². The molecule has 1 fully saturated rings. The number of halogens is 1. The number of benzene rings is 1. The Bertz CT molecular complexity index is 479. The van der Waals surface area contributed by atoms with Crippen molar-refractivity contribution in [3.8, 4) is 0 Å². The number of nitrogens with one attached hydrogen (secondary N) is 1. The average molecular weight is 339 g/mol. The molecule has 2 rings (SSSR count). The van der Waals surface area contributed by atoms with Crippen LogP contribution in [0.15, 0.2) is 28.7 Å². The summed E-state index contributed by atoms with van der Waals surface area (Å²) < 4.78 is 1.03. The van der Waals surface area contributed by atoms with Crippen LogP contribution >= 0.6 is 15.9 Å². The van der Waals surface area contributed by atoms with Gasteiger partial charge in [-0.05, 0) is 30.5 Å². The Morgan fingerprint density at radius 1 is 1.25 bits per heavy atom. The van der Waals surface area contributed by atoms with Crippen LogP contribution < -0.4 is 5.32 Å². The molecule has 1 saturated heterocycles. The number of likely N-dealkylation sites (tertiary alicyclic amines) is 1. The third-order valence-corrected chi connectivity index (χ3v) is 4.22. The van der Waals surface area contributed by atoms with Gasteiger partial charge in [0.2, 0.25) is 11.8 Å². The maximum Gasteiger partial charge on any atom is 0.223 e. The first kappa shape index (κ1) is 15.0. The summed E-state index contributed by atoms with van der Waals surface area (Å²) in [5, 5.41) is 2.97. The third-order valence-electron chi connectivity index (χ3n) is 3.69. The van der Waals surface area contributed by atoms with Crippen molar-refractivity contribution in [3.05, 3.63) is 34.3 Å². The van der Waals surface area contributed by atoms with Gasteiger partial charge in [-0.2, -0.15) is 0 Å². The van der Waals surface area contributed by atoms with E-state index in [0.29, 0.717) is 19.6 Å². The summed E-state index contributed by atoms with van der Waals surface area (Å²) in [5.41, 5.74) is 1.09. The van der Waals surface area contributed by atoms with Gasteiger partial charge in [0.1, 0.15) is 0 Å². The van der Waals surface area contributed by atoms with Gasteiger partial charge in [-0.3, -0.25) is 9.59 Å². The van der Waals surface area contributed by atoms with E-state index in [1.165, 1.54) is 0 Å². The smallest absolute Gasteiger partial charge is 0.223 e. The summed E-state index contributed by atoms with van der Waals surface area (Å²) in [5.74, 6) is 0.218. The lowest BCUT2D eigenvalue weighted by Gasteiger charge is -2.30. The fourth-order valence-electron chi connectivity index (χ4n) is 2.39. The van der Waals surface area contributed by atoms with Gasteiger partial charge in [-0.25, -0.2) is 0 Å². The predicted octanol–water partition coefficient (Wildman–Crippen LogP) is 2.32. The zero-order valence-corrected chi connectivity index (χ0v) is 13.1. The molecule has 4 nitrogen and oxygen atoms in total. The van der Waals surface area contributed by atoms with Gasteiger partial charge in [-0.1, -0.05) is 28.1 Å². The lowest BCUT2D eigenvalue weighted by molar-refractivity contribution is -0.134. The first-order chi connectivity index (χ1) is 9.56. The Balaban J connectivity index is 1.78. The van der Waals surface area contributed by atoms with E-state index in [-0.39, 0.29) is 17.7 Å². The van der Waals surface area contributed by atoms with Crippen molar-refractivity contribution < 1.29 is 9.59 Å². The second-order valence-corrected chi connectivity index (χ2v) is 6.04. The molecule has 1 aliphatic heterocycles.